The Kier molecular flexibility index (Phi) is 17.3. The van der Waals surface area contributed by atoms with E-state index in [-0.39, 0.29) is 17.6 Å². The summed E-state index contributed by atoms with van der Waals surface area (Å²) in [6.45, 7) is 20.0. The number of hydrogen-bond donors (Lipinski definition) is 0. The molecule has 0 aromatic heterocycles. The molecule has 1 saturated heterocycles. The summed E-state index contributed by atoms with van der Waals surface area (Å²) < 4.78 is 13.0. The van der Waals surface area contributed by atoms with Crippen molar-refractivity contribution in [3.8, 4) is 0 Å². The van der Waals surface area contributed by atoms with Crippen LogP contribution < -0.4 is 0 Å². The highest BCUT2D eigenvalue weighted by molar-refractivity contribution is 5.82. The van der Waals surface area contributed by atoms with Crippen LogP contribution in [-0.4, -0.2) is 48.3 Å². The second-order valence-electron chi connectivity index (χ2n) is 13.2. The topological polar surface area (TPSA) is 38.8 Å². The second kappa shape index (κ2) is 18.6. The molecule has 1 aliphatic heterocycles. The van der Waals surface area contributed by atoms with Crippen LogP contribution in [-0.2, 0) is 14.3 Å². The zero-order valence-electron chi connectivity index (χ0n) is 26.3. The van der Waals surface area contributed by atoms with Gasteiger partial charge < -0.3 is 14.4 Å². The lowest BCUT2D eigenvalue weighted by Crippen LogP contribution is -2.47. The molecule has 1 aliphatic rings. The molecule has 0 spiro atoms. The lowest BCUT2D eigenvalue weighted by molar-refractivity contribution is -0.149. The van der Waals surface area contributed by atoms with E-state index < -0.39 is 5.41 Å². The van der Waals surface area contributed by atoms with Crippen LogP contribution >= 0.6 is 0 Å². The molecule has 0 aromatic rings. The largest absolute Gasteiger partial charge is 0.376 e. The zero-order chi connectivity index (χ0) is 27.7. The number of nitrogens with zero attached hydrogens (tertiary/aromatic N) is 1. The molecular weight excluding hydrogens is 458 g/mol. The van der Waals surface area contributed by atoms with Crippen LogP contribution in [0.3, 0.4) is 0 Å². The Labute approximate surface area is 232 Å². The van der Waals surface area contributed by atoms with E-state index in [1.807, 2.05) is 0 Å². The average molecular weight is 524 g/mol. The van der Waals surface area contributed by atoms with E-state index in [0.29, 0.717) is 12.0 Å². The molecule has 0 aromatic carbocycles. The van der Waals surface area contributed by atoms with Gasteiger partial charge in [0.25, 0.3) is 0 Å². The van der Waals surface area contributed by atoms with Gasteiger partial charge in [0.2, 0.25) is 5.91 Å². The Morgan fingerprint density at radius 1 is 0.865 bits per heavy atom. The molecule has 1 heterocycles. The number of amides is 1. The fraction of sp³-hybridized carbons (Fsp3) is 0.970. The van der Waals surface area contributed by atoms with Crippen LogP contribution in [0.1, 0.15) is 158 Å². The number of carbonyl (C=O) groups excluding carboxylic acids is 1. The first-order chi connectivity index (χ1) is 17.6. The highest BCUT2D eigenvalue weighted by atomic mass is 16.5. The minimum absolute atomic E-state index is 0.168. The molecular formula is C33H65NO3. The minimum Gasteiger partial charge on any atom is -0.376 e. The summed E-state index contributed by atoms with van der Waals surface area (Å²) in [7, 11) is 0. The van der Waals surface area contributed by atoms with Crippen molar-refractivity contribution in [1.82, 2.24) is 4.90 Å². The number of ether oxygens (including phenoxy) is 2. The summed E-state index contributed by atoms with van der Waals surface area (Å²) in [5.41, 5.74) is -0.779. The molecule has 0 radical (unpaired) electrons. The third-order valence-corrected chi connectivity index (χ3v) is 8.07. The Morgan fingerprint density at radius 3 is 2.16 bits per heavy atom. The standard InChI is InChI=1S/C33H65NO3/c1-9-13-15-17-22-29(20-12-4)37-33(7,8)27-32(5,6)31(35)34-23-18-24-36-30(26-34)25-28(19-11-3)21-16-14-10-2/h28-30H,9-27H2,1-8H3. The summed E-state index contributed by atoms with van der Waals surface area (Å²) in [6.07, 6.45) is 19.4. The first-order valence-corrected chi connectivity index (χ1v) is 16.2. The molecule has 0 bridgehead atoms. The lowest BCUT2D eigenvalue weighted by atomic mass is 9.80. The van der Waals surface area contributed by atoms with Crippen molar-refractivity contribution in [2.45, 2.75) is 176 Å². The van der Waals surface area contributed by atoms with Gasteiger partial charge in [-0.1, -0.05) is 112 Å². The quantitative estimate of drug-likeness (QED) is 0.149. The van der Waals surface area contributed by atoms with Crippen LogP contribution in [0.5, 0.6) is 0 Å². The Hall–Kier alpha value is -0.610. The van der Waals surface area contributed by atoms with Gasteiger partial charge in [-0.15, -0.1) is 0 Å². The molecule has 37 heavy (non-hydrogen) atoms. The zero-order valence-corrected chi connectivity index (χ0v) is 26.3. The van der Waals surface area contributed by atoms with Gasteiger partial charge in [0.05, 0.1) is 17.8 Å². The molecule has 0 saturated carbocycles. The van der Waals surface area contributed by atoms with Crippen LogP contribution in [0.25, 0.3) is 0 Å². The van der Waals surface area contributed by atoms with Gasteiger partial charge in [-0.05, 0) is 51.9 Å². The van der Waals surface area contributed by atoms with E-state index in [1.165, 1.54) is 64.2 Å². The van der Waals surface area contributed by atoms with E-state index >= 15 is 0 Å². The predicted octanol–water partition coefficient (Wildman–Crippen LogP) is 9.34. The Balaban J connectivity index is 2.77. The molecule has 4 nitrogen and oxygen atoms in total. The first kappa shape index (κ1) is 34.4. The van der Waals surface area contributed by atoms with E-state index in [4.69, 9.17) is 9.47 Å². The molecule has 0 N–H and O–H groups in total. The maximum atomic E-state index is 13.9. The summed E-state index contributed by atoms with van der Waals surface area (Å²) in [5, 5.41) is 0. The fourth-order valence-corrected chi connectivity index (χ4v) is 6.51. The van der Waals surface area contributed by atoms with Crippen molar-refractivity contribution in [3.63, 3.8) is 0 Å². The van der Waals surface area contributed by atoms with Gasteiger partial charge in [-0.25, -0.2) is 0 Å². The Bertz CT molecular complexity index is 588. The molecule has 1 fully saturated rings. The highest BCUT2D eigenvalue weighted by Gasteiger charge is 2.40. The van der Waals surface area contributed by atoms with E-state index in [1.54, 1.807) is 0 Å². The third-order valence-electron chi connectivity index (χ3n) is 8.07. The van der Waals surface area contributed by atoms with Crippen molar-refractivity contribution in [3.05, 3.63) is 0 Å². The number of unbranched alkanes of at least 4 members (excludes halogenated alkanes) is 5. The normalized spacial score (nSPS) is 19.0. The van der Waals surface area contributed by atoms with E-state index in [0.717, 1.165) is 58.2 Å². The summed E-state index contributed by atoms with van der Waals surface area (Å²) in [6, 6.07) is 0. The van der Waals surface area contributed by atoms with Crippen molar-refractivity contribution in [1.29, 1.82) is 0 Å². The molecule has 3 unspecified atom stereocenters. The molecule has 3 atom stereocenters. The monoisotopic (exact) mass is 523 g/mol. The van der Waals surface area contributed by atoms with Crippen molar-refractivity contribution in [2.75, 3.05) is 19.7 Å². The maximum absolute atomic E-state index is 13.9. The SMILES string of the molecule is CCCCCCC(CCC)OC(C)(C)CC(C)(C)C(=O)N1CCCOC(CC(CCC)CCCCC)C1. The summed E-state index contributed by atoms with van der Waals surface area (Å²) in [4.78, 5) is 16.0. The lowest BCUT2D eigenvalue weighted by Gasteiger charge is -2.39. The van der Waals surface area contributed by atoms with E-state index in [9.17, 15) is 4.79 Å². The van der Waals surface area contributed by atoms with Crippen LogP contribution in [0.4, 0.5) is 0 Å². The van der Waals surface area contributed by atoms with Crippen molar-refractivity contribution >= 4 is 5.91 Å². The van der Waals surface area contributed by atoms with Crippen molar-refractivity contribution < 1.29 is 14.3 Å². The minimum atomic E-state index is -0.457. The number of carbonyl (C=O) groups is 1. The molecule has 220 valence electrons. The summed E-state index contributed by atoms with van der Waals surface area (Å²) >= 11 is 0. The molecule has 0 aliphatic carbocycles. The number of hydrogen-bond acceptors (Lipinski definition) is 3. The molecule has 4 heteroatoms. The predicted molar refractivity (Wildman–Crippen MR) is 159 cm³/mol. The average Bonchev–Trinajstić information content (AvgIpc) is 3.06. The van der Waals surface area contributed by atoms with Crippen LogP contribution in [0.15, 0.2) is 0 Å². The smallest absolute Gasteiger partial charge is 0.228 e. The number of rotatable bonds is 20. The second-order valence-corrected chi connectivity index (χ2v) is 13.2. The molecule has 1 rings (SSSR count). The van der Waals surface area contributed by atoms with Gasteiger partial charge >= 0.3 is 0 Å². The van der Waals surface area contributed by atoms with E-state index in [2.05, 4.69) is 60.3 Å². The highest BCUT2D eigenvalue weighted by Crippen LogP contribution is 2.35. The third kappa shape index (κ3) is 14.4. The first-order valence-electron chi connectivity index (χ1n) is 16.2. The van der Waals surface area contributed by atoms with Crippen LogP contribution in [0.2, 0.25) is 0 Å². The van der Waals surface area contributed by atoms with Gasteiger partial charge in [0.1, 0.15) is 0 Å². The van der Waals surface area contributed by atoms with Gasteiger partial charge in [0.15, 0.2) is 0 Å². The fourth-order valence-electron chi connectivity index (χ4n) is 6.51. The molecule has 1 amide bonds. The van der Waals surface area contributed by atoms with Gasteiger partial charge in [-0.2, -0.15) is 0 Å². The maximum Gasteiger partial charge on any atom is 0.228 e. The van der Waals surface area contributed by atoms with Gasteiger partial charge in [0, 0.05) is 25.1 Å². The van der Waals surface area contributed by atoms with Gasteiger partial charge in [-0.3, -0.25) is 4.79 Å². The van der Waals surface area contributed by atoms with Crippen LogP contribution in [0, 0.1) is 11.3 Å². The van der Waals surface area contributed by atoms with Crippen molar-refractivity contribution in [2.24, 2.45) is 11.3 Å². The Morgan fingerprint density at radius 2 is 1.51 bits per heavy atom. The summed E-state index contributed by atoms with van der Waals surface area (Å²) in [5.74, 6) is 0.984.